The Kier molecular flexibility index (Phi) is 3.94. The summed E-state index contributed by atoms with van der Waals surface area (Å²) in [7, 11) is 0. The first-order valence-electron chi connectivity index (χ1n) is 5.58. The number of alkyl halides is 3. The zero-order valence-electron chi connectivity index (χ0n) is 10.3. The van der Waals surface area contributed by atoms with E-state index in [0.29, 0.717) is 12.1 Å². The standard InChI is InChI=1S/C12H9F5N4/c13-7-2-1-3-8(14)11(7)20-9-4-6(12(15,16)17)5-10(19-9)21-18/h1-5H,18H2,(H2,19,20,21). The molecule has 0 saturated heterocycles. The van der Waals surface area contributed by atoms with Crippen LogP contribution in [0.2, 0.25) is 0 Å². The molecule has 112 valence electrons. The van der Waals surface area contributed by atoms with Crippen LogP contribution in [-0.2, 0) is 6.18 Å². The van der Waals surface area contributed by atoms with E-state index in [1.54, 1.807) is 0 Å². The number of hydrogen-bond acceptors (Lipinski definition) is 4. The number of nitrogens with zero attached hydrogens (tertiary/aromatic N) is 1. The highest BCUT2D eigenvalue weighted by molar-refractivity contribution is 5.60. The zero-order valence-corrected chi connectivity index (χ0v) is 10.3. The molecule has 0 aliphatic heterocycles. The van der Waals surface area contributed by atoms with Crippen molar-refractivity contribution in [3.05, 3.63) is 47.5 Å². The molecule has 0 saturated carbocycles. The first-order valence-corrected chi connectivity index (χ1v) is 5.58. The fraction of sp³-hybridized carbons (Fsp3) is 0.0833. The van der Waals surface area contributed by atoms with Crippen LogP contribution in [0.5, 0.6) is 0 Å². The van der Waals surface area contributed by atoms with Crippen LogP contribution in [0.15, 0.2) is 30.3 Å². The van der Waals surface area contributed by atoms with E-state index in [9.17, 15) is 22.0 Å². The Hall–Kier alpha value is -2.42. The molecule has 1 aromatic heterocycles. The number of benzene rings is 1. The van der Waals surface area contributed by atoms with Crippen LogP contribution in [0, 0.1) is 11.6 Å². The maximum absolute atomic E-state index is 13.5. The highest BCUT2D eigenvalue weighted by Gasteiger charge is 2.31. The third-order valence-corrected chi connectivity index (χ3v) is 2.52. The van der Waals surface area contributed by atoms with Crippen molar-refractivity contribution in [3.8, 4) is 0 Å². The van der Waals surface area contributed by atoms with Gasteiger partial charge in [-0.25, -0.2) is 19.6 Å². The van der Waals surface area contributed by atoms with Crippen LogP contribution < -0.4 is 16.6 Å². The van der Waals surface area contributed by atoms with Crippen molar-refractivity contribution in [1.29, 1.82) is 0 Å². The van der Waals surface area contributed by atoms with Gasteiger partial charge in [0, 0.05) is 0 Å². The van der Waals surface area contributed by atoms with E-state index in [2.05, 4.69) is 10.3 Å². The molecule has 1 aromatic carbocycles. The monoisotopic (exact) mass is 304 g/mol. The summed E-state index contributed by atoms with van der Waals surface area (Å²) in [6, 6.07) is 4.33. The van der Waals surface area contributed by atoms with E-state index >= 15 is 0 Å². The Balaban J connectivity index is 2.45. The molecule has 4 N–H and O–H groups in total. The lowest BCUT2D eigenvalue weighted by Crippen LogP contribution is -2.13. The van der Waals surface area contributed by atoms with E-state index < -0.39 is 34.9 Å². The summed E-state index contributed by atoms with van der Waals surface area (Å²) in [5, 5.41) is 2.17. The van der Waals surface area contributed by atoms with Crippen molar-refractivity contribution in [2.24, 2.45) is 5.84 Å². The second kappa shape index (κ2) is 5.52. The highest BCUT2D eigenvalue weighted by atomic mass is 19.4. The average molecular weight is 304 g/mol. The van der Waals surface area contributed by atoms with Crippen LogP contribution in [0.1, 0.15) is 5.56 Å². The number of nitrogens with one attached hydrogen (secondary N) is 2. The van der Waals surface area contributed by atoms with Gasteiger partial charge in [-0.05, 0) is 24.3 Å². The molecule has 0 atom stereocenters. The van der Waals surface area contributed by atoms with Gasteiger partial charge in [0.05, 0.1) is 5.56 Å². The number of nitrogen functional groups attached to an aromatic ring is 1. The van der Waals surface area contributed by atoms with Gasteiger partial charge in [0.2, 0.25) is 0 Å². The molecule has 0 aliphatic carbocycles. The molecule has 21 heavy (non-hydrogen) atoms. The van der Waals surface area contributed by atoms with Crippen LogP contribution in [0.4, 0.5) is 39.3 Å². The summed E-state index contributed by atoms with van der Waals surface area (Å²) in [5.74, 6) is 2.40. The van der Waals surface area contributed by atoms with Gasteiger partial charge >= 0.3 is 6.18 Å². The second-order valence-corrected chi connectivity index (χ2v) is 3.99. The van der Waals surface area contributed by atoms with Gasteiger partial charge in [0.1, 0.15) is 29.0 Å². The summed E-state index contributed by atoms with van der Waals surface area (Å²) in [6.07, 6.45) is -4.65. The number of halogens is 5. The minimum atomic E-state index is -4.65. The van der Waals surface area contributed by atoms with Crippen LogP contribution in [-0.4, -0.2) is 4.98 Å². The number of anilines is 3. The van der Waals surface area contributed by atoms with E-state index in [1.807, 2.05) is 5.43 Å². The van der Waals surface area contributed by atoms with Crippen LogP contribution in [0.25, 0.3) is 0 Å². The van der Waals surface area contributed by atoms with E-state index in [1.165, 1.54) is 0 Å². The SMILES string of the molecule is NNc1cc(C(F)(F)F)cc(Nc2c(F)cccc2F)n1. The maximum Gasteiger partial charge on any atom is 0.416 e. The minimum absolute atomic E-state index is 0.302. The molecule has 2 rings (SSSR count). The van der Waals surface area contributed by atoms with Crippen molar-refractivity contribution in [2.75, 3.05) is 10.7 Å². The number of nitrogens with two attached hydrogens (primary N) is 1. The zero-order chi connectivity index (χ0) is 15.6. The molecule has 9 heteroatoms. The van der Waals surface area contributed by atoms with E-state index in [0.717, 1.165) is 18.2 Å². The predicted octanol–water partition coefficient (Wildman–Crippen LogP) is 3.41. The largest absolute Gasteiger partial charge is 0.416 e. The molecule has 0 radical (unpaired) electrons. The van der Waals surface area contributed by atoms with Crippen molar-refractivity contribution in [2.45, 2.75) is 6.18 Å². The summed E-state index contributed by atoms with van der Waals surface area (Å²) < 4.78 is 65.0. The molecule has 2 aromatic rings. The van der Waals surface area contributed by atoms with Crippen molar-refractivity contribution < 1.29 is 22.0 Å². The topological polar surface area (TPSA) is 63.0 Å². The summed E-state index contributed by atoms with van der Waals surface area (Å²) in [5.41, 5.74) is 0.287. The fourth-order valence-electron chi connectivity index (χ4n) is 1.58. The average Bonchev–Trinajstić information content (AvgIpc) is 2.42. The molecule has 0 aliphatic rings. The Morgan fingerprint density at radius 3 is 2.10 bits per heavy atom. The van der Waals surface area contributed by atoms with E-state index in [-0.39, 0.29) is 5.82 Å². The summed E-state index contributed by atoms with van der Waals surface area (Å²) in [4.78, 5) is 3.66. The maximum atomic E-state index is 13.5. The fourth-order valence-corrected chi connectivity index (χ4v) is 1.58. The smallest absolute Gasteiger partial charge is 0.335 e. The minimum Gasteiger partial charge on any atom is -0.335 e. The molecule has 0 bridgehead atoms. The molecule has 0 amide bonds. The van der Waals surface area contributed by atoms with Crippen molar-refractivity contribution in [3.63, 3.8) is 0 Å². The third-order valence-electron chi connectivity index (χ3n) is 2.52. The molecular weight excluding hydrogens is 295 g/mol. The highest BCUT2D eigenvalue weighted by Crippen LogP contribution is 2.33. The lowest BCUT2D eigenvalue weighted by atomic mass is 10.2. The quantitative estimate of drug-likeness (QED) is 0.462. The Labute approximate surface area is 115 Å². The number of hydrogen-bond donors (Lipinski definition) is 3. The first-order chi connectivity index (χ1) is 9.81. The van der Waals surface area contributed by atoms with Gasteiger partial charge in [-0.1, -0.05) is 6.07 Å². The van der Waals surface area contributed by atoms with Crippen LogP contribution in [0.3, 0.4) is 0 Å². The number of aromatic nitrogens is 1. The normalized spacial score (nSPS) is 11.3. The molecule has 0 spiro atoms. The van der Waals surface area contributed by atoms with Gasteiger partial charge in [0.25, 0.3) is 0 Å². The Morgan fingerprint density at radius 2 is 1.57 bits per heavy atom. The molecule has 4 nitrogen and oxygen atoms in total. The van der Waals surface area contributed by atoms with Gasteiger partial charge in [-0.3, -0.25) is 0 Å². The second-order valence-electron chi connectivity index (χ2n) is 3.99. The molecule has 1 heterocycles. The van der Waals surface area contributed by atoms with Crippen molar-refractivity contribution in [1.82, 2.24) is 4.98 Å². The van der Waals surface area contributed by atoms with Crippen LogP contribution >= 0.6 is 0 Å². The van der Waals surface area contributed by atoms with Gasteiger partial charge in [-0.15, -0.1) is 0 Å². The first kappa shape index (κ1) is 15.0. The summed E-state index contributed by atoms with van der Waals surface area (Å²) >= 11 is 0. The van der Waals surface area contributed by atoms with Gasteiger partial charge < -0.3 is 10.7 Å². The Bertz CT molecular complexity index is 636. The van der Waals surface area contributed by atoms with E-state index in [4.69, 9.17) is 5.84 Å². The number of para-hydroxylation sites is 1. The van der Waals surface area contributed by atoms with Gasteiger partial charge in [0.15, 0.2) is 0 Å². The molecular formula is C12H9F5N4. The Morgan fingerprint density at radius 1 is 1.00 bits per heavy atom. The molecule has 0 unspecified atom stereocenters. The summed E-state index contributed by atoms with van der Waals surface area (Å²) in [6.45, 7) is 0. The predicted molar refractivity (Wildman–Crippen MR) is 66.7 cm³/mol. The third kappa shape index (κ3) is 3.37. The van der Waals surface area contributed by atoms with Crippen molar-refractivity contribution >= 4 is 17.3 Å². The number of hydrazine groups is 1. The lowest BCUT2D eigenvalue weighted by Gasteiger charge is -2.13. The number of pyridine rings is 1. The van der Waals surface area contributed by atoms with Gasteiger partial charge in [-0.2, -0.15) is 13.2 Å². The molecule has 0 fully saturated rings. The lowest BCUT2D eigenvalue weighted by molar-refractivity contribution is -0.137. The number of rotatable bonds is 3.